The molecule has 0 amide bonds. The van der Waals surface area contributed by atoms with Crippen LogP contribution in [0.1, 0.15) is 45.1 Å². The molecule has 0 radical (unpaired) electrons. The number of aliphatic hydroxyl groups excluding tert-OH is 1. The third-order valence-electron chi connectivity index (χ3n) is 4.04. The minimum Gasteiger partial charge on any atom is -0.389 e. The van der Waals surface area contributed by atoms with Crippen LogP contribution >= 0.6 is 0 Å². The van der Waals surface area contributed by atoms with Gasteiger partial charge in [0, 0.05) is 6.54 Å². The molecule has 1 heterocycles. The largest absolute Gasteiger partial charge is 0.389 e. The van der Waals surface area contributed by atoms with Crippen molar-refractivity contribution in [3.8, 4) is 0 Å². The van der Waals surface area contributed by atoms with Crippen molar-refractivity contribution in [2.75, 3.05) is 26.2 Å². The average molecular weight is 291 g/mol. The number of ether oxygens (including phenoxy) is 1. The zero-order valence-corrected chi connectivity index (χ0v) is 13.6. The van der Waals surface area contributed by atoms with Crippen LogP contribution in [-0.2, 0) is 4.74 Å². The Hall–Kier alpha value is -0.900. The van der Waals surface area contributed by atoms with Gasteiger partial charge in [-0.05, 0) is 58.2 Å². The first-order valence-corrected chi connectivity index (χ1v) is 8.03. The molecule has 0 aromatic heterocycles. The monoisotopic (exact) mass is 291 g/mol. The van der Waals surface area contributed by atoms with Gasteiger partial charge in [0.2, 0.25) is 0 Å². The number of hydrogen-bond acceptors (Lipinski definition) is 3. The lowest BCUT2D eigenvalue weighted by atomic mass is 9.89. The van der Waals surface area contributed by atoms with Crippen molar-refractivity contribution >= 4 is 0 Å². The Bertz CT molecular complexity index is 405. The summed E-state index contributed by atoms with van der Waals surface area (Å²) in [5.74, 6) is 0.672. The van der Waals surface area contributed by atoms with Crippen molar-refractivity contribution in [1.29, 1.82) is 0 Å². The summed E-state index contributed by atoms with van der Waals surface area (Å²) in [6.07, 6.45) is 1.96. The maximum absolute atomic E-state index is 10.1. The molecule has 1 N–H and O–H groups in total. The standard InChI is InChI=1S/C18H29NO2/c1-18(2,3)21-14-17(20)13-19-11-9-16(10-12-19)15-7-5-4-6-8-15/h4-8,16-17,20H,9-14H2,1-3H3. The summed E-state index contributed by atoms with van der Waals surface area (Å²) in [5, 5.41) is 10.1. The number of rotatable bonds is 5. The molecule has 1 aromatic carbocycles. The van der Waals surface area contributed by atoms with Crippen molar-refractivity contribution in [3.05, 3.63) is 35.9 Å². The summed E-state index contributed by atoms with van der Waals surface area (Å²) < 4.78 is 5.65. The SMILES string of the molecule is CC(C)(C)OCC(O)CN1CCC(c2ccccc2)CC1. The molecule has 118 valence electrons. The highest BCUT2D eigenvalue weighted by Crippen LogP contribution is 2.27. The van der Waals surface area contributed by atoms with Gasteiger partial charge in [-0.2, -0.15) is 0 Å². The summed E-state index contributed by atoms with van der Waals surface area (Å²) >= 11 is 0. The van der Waals surface area contributed by atoms with Gasteiger partial charge < -0.3 is 14.7 Å². The molecule has 0 spiro atoms. The second-order valence-corrected chi connectivity index (χ2v) is 7.06. The highest BCUT2D eigenvalue weighted by molar-refractivity contribution is 5.19. The number of β-amino-alcohol motifs (C(OH)–C–C–N with tert-alkyl or cyclic N) is 1. The van der Waals surface area contributed by atoms with Crippen molar-refractivity contribution in [2.24, 2.45) is 0 Å². The molecule has 0 aliphatic carbocycles. The van der Waals surface area contributed by atoms with Crippen LogP contribution in [0.5, 0.6) is 0 Å². The van der Waals surface area contributed by atoms with Crippen LogP contribution < -0.4 is 0 Å². The number of benzene rings is 1. The first-order chi connectivity index (χ1) is 9.94. The molecule has 1 aliphatic rings. The zero-order chi connectivity index (χ0) is 15.3. The molecular formula is C18H29NO2. The lowest BCUT2D eigenvalue weighted by molar-refractivity contribution is -0.0573. The van der Waals surface area contributed by atoms with Crippen LogP contribution in [0, 0.1) is 0 Å². The van der Waals surface area contributed by atoms with Crippen molar-refractivity contribution in [3.63, 3.8) is 0 Å². The van der Waals surface area contributed by atoms with E-state index in [4.69, 9.17) is 4.74 Å². The fourth-order valence-electron chi connectivity index (χ4n) is 2.87. The van der Waals surface area contributed by atoms with E-state index < -0.39 is 6.10 Å². The first kappa shape index (κ1) is 16.5. The smallest absolute Gasteiger partial charge is 0.0900 e. The minimum absolute atomic E-state index is 0.179. The predicted octanol–water partition coefficient (Wildman–Crippen LogP) is 3.04. The molecule has 1 aromatic rings. The highest BCUT2D eigenvalue weighted by atomic mass is 16.5. The topological polar surface area (TPSA) is 32.7 Å². The Morgan fingerprint density at radius 2 is 1.81 bits per heavy atom. The van der Waals surface area contributed by atoms with Crippen LogP contribution in [0.4, 0.5) is 0 Å². The van der Waals surface area contributed by atoms with Gasteiger partial charge >= 0.3 is 0 Å². The quantitative estimate of drug-likeness (QED) is 0.905. The maximum Gasteiger partial charge on any atom is 0.0900 e. The Morgan fingerprint density at radius 1 is 1.19 bits per heavy atom. The van der Waals surface area contributed by atoms with E-state index in [1.807, 2.05) is 20.8 Å². The van der Waals surface area contributed by atoms with Crippen molar-refractivity contribution in [2.45, 2.75) is 51.2 Å². The molecule has 1 fully saturated rings. The van der Waals surface area contributed by atoms with E-state index in [-0.39, 0.29) is 5.60 Å². The molecule has 1 saturated heterocycles. The second kappa shape index (κ2) is 7.39. The Labute approximate surface area is 128 Å². The zero-order valence-electron chi connectivity index (χ0n) is 13.6. The molecule has 1 aliphatic heterocycles. The molecule has 0 bridgehead atoms. The van der Waals surface area contributed by atoms with Gasteiger partial charge in [-0.1, -0.05) is 30.3 Å². The molecule has 1 unspecified atom stereocenters. The number of nitrogens with zero attached hydrogens (tertiary/aromatic N) is 1. The van der Waals surface area contributed by atoms with Crippen LogP contribution in [0.3, 0.4) is 0 Å². The van der Waals surface area contributed by atoms with E-state index in [2.05, 4.69) is 35.2 Å². The van der Waals surface area contributed by atoms with E-state index in [0.717, 1.165) is 19.6 Å². The molecule has 0 saturated carbocycles. The summed E-state index contributed by atoms with van der Waals surface area (Å²) in [6.45, 7) is 9.32. The molecule has 2 rings (SSSR count). The third-order valence-corrected chi connectivity index (χ3v) is 4.04. The van der Waals surface area contributed by atoms with Crippen LogP contribution in [0.15, 0.2) is 30.3 Å². The van der Waals surface area contributed by atoms with Gasteiger partial charge in [-0.25, -0.2) is 0 Å². The Kier molecular flexibility index (Phi) is 5.80. The van der Waals surface area contributed by atoms with Gasteiger partial charge in [0.15, 0.2) is 0 Å². The van der Waals surface area contributed by atoms with Crippen LogP contribution in [-0.4, -0.2) is 48.0 Å². The number of hydrogen-bond donors (Lipinski definition) is 1. The average Bonchev–Trinajstić information content (AvgIpc) is 2.46. The number of piperidine rings is 1. The Morgan fingerprint density at radius 3 is 2.38 bits per heavy atom. The van der Waals surface area contributed by atoms with Crippen molar-refractivity contribution < 1.29 is 9.84 Å². The van der Waals surface area contributed by atoms with Crippen molar-refractivity contribution in [1.82, 2.24) is 4.90 Å². The summed E-state index contributed by atoms with van der Waals surface area (Å²) in [7, 11) is 0. The summed E-state index contributed by atoms with van der Waals surface area (Å²) in [6, 6.07) is 10.8. The van der Waals surface area contributed by atoms with Gasteiger partial charge in [-0.15, -0.1) is 0 Å². The van der Waals surface area contributed by atoms with E-state index in [1.54, 1.807) is 0 Å². The van der Waals surface area contributed by atoms with E-state index >= 15 is 0 Å². The van der Waals surface area contributed by atoms with Crippen LogP contribution in [0.2, 0.25) is 0 Å². The lowest BCUT2D eigenvalue weighted by Gasteiger charge is -2.33. The van der Waals surface area contributed by atoms with Gasteiger partial charge in [-0.3, -0.25) is 0 Å². The minimum atomic E-state index is -0.391. The third kappa shape index (κ3) is 5.77. The summed E-state index contributed by atoms with van der Waals surface area (Å²) in [5.41, 5.74) is 1.27. The Balaban J connectivity index is 1.72. The number of likely N-dealkylation sites (tertiary alicyclic amines) is 1. The molecule has 3 heteroatoms. The molecule has 1 atom stereocenters. The van der Waals surface area contributed by atoms with Gasteiger partial charge in [0.05, 0.1) is 18.3 Å². The predicted molar refractivity (Wildman–Crippen MR) is 86.6 cm³/mol. The fraction of sp³-hybridized carbons (Fsp3) is 0.667. The van der Waals surface area contributed by atoms with E-state index in [1.165, 1.54) is 18.4 Å². The number of aliphatic hydroxyl groups is 1. The van der Waals surface area contributed by atoms with Gasteiger partial charge in [0.25, 0.3) is 0 Å². The highest BCUT2D eigenvalue weighted by Gasteiger charge is 2.22. The summed E-state index contributed by atoms with van der Waals surface area (Å²) in [4.78, 5) is 2.36. The molecular weight excluding hydrogens is 262 g/mol. The van der Waals surface area contributed by atoms with E-state index in [9.17, 15) is 5.11 Å². The fourth-order valence-corrected chi connectivity index (χ4v) is 2.87. The second-order valence-electron chi connectivity index (χ2n) is 7.06. The van der Waals surface area contributed by atoms with E-state index in [0.29, 0.717) is 12.5 Å². The normalized spacial score (nSPS) is 19.6. The maximum atomic E-state index is 10.1. The molecule has 3 nitrogen and oxygen atoms in total. The van der Waals surface area contributed by atoms with Crippen LogP contribution in [0.25, 0.3) is 0 Å². The molecule has 21 heavy (non-hydrogen) atoms. The first-order valence-electron chi connectivity index (χ1n) is 8.03. The van der Waals surface area contributed by atoms with Gasteiger partial charge in [0.1, 0.15) is 0 Å². The lowest BCUT2D eigenvalue weighted by Crippen LogP contribution is -2.40.